The molecular formula is C22H30ClN3O. The first-order valence-electron chi connectivity index (χ1n) is 10.2. The summed E-state index contributed by atoms with van der Waals surface area (Å²) in [7, 11) is 0. The number of fused-ring (bicyclic) bond motifs is 1. The topological polar surface area (TPSA) is 30.3 Å². The van der Waals surface area contributed by atoms with Gasteiger partial charge in [-0.05, 0) is 36.8 Å². The van der Waals surface area contributed by atoms with Gasteiger partial charge >= 0.3 is 0 Å². The molecule has 0 amide bonds. The lowest BCUT2D eigenvalue weighted by molar-refractivity contribution is 0.189. The Labute approximate surface area is 167 Å². The molecule has 1 atom stereocenters. The van der Waals surface area contributed by atoms with Gasteiger partial charge in [-0.2, -0.15) is 0 Å². The van der Waals surface area contributed by atoms with Crippen LogP contribution in [0.5, 0.6) is 0 Å². The van der Waals surface area contributed by atoms with Crippen LogP contribution in [0.1, 0.15) is 55.4 Å². The zero-order valence-electron chi connectivity index (χ0n) is 16.5. The molecule has 0 saturated carbocycles. The maximum atomic E-state index is 6.39. The summed E-state index contributed by atoms with van der Waals surface area (Å²) >= 11 is 6.39. The fraction of sp³-hybridized carbons (Fsp3) is 0.591. The van der Waals surface area contributed by atoms with E-state index in [1.54, 1.807) is 0 Å². The predicted molar refractivity (Wildman–Crippen MR) is 109 cm³/mol. The number of aromatic nitrogens is 2. The van der Waals surface area contributed by atoms with Crippen LogP contribution in [0.4, 0.5) is 0 Å². The van der Waals surface area contributed by atoms with Crippen molar-refractivity contribution in [2.75, 3.05) is 19.8 Å². The Morgan fingerprint density at radius 2 is 2.11 bits per heavy atom. The SMILES string of the molecule is CC(C)CCc1nc(C2CCOC2)n2c1CN(Cc1ccccc1Cl)CC2. The van der Waals surface area contributed by atoms with Crippen molar-refractivity contribution in [2.45, 2.75) is 58.7 Å². The van der Waals surface area contributed by atoms with Gasteiger partial charge < -0.3 is 9.30 Å². The lowest BCUT2D eigenvalue weighted by Crippen LogP contribution is -2.34. The smallest absolute Gasteiger partial charge is 0.114 e. The third-order valence-electron chi connectivity index (χ3n) is 5.80. The van der Waals surface area contributed by atoms with Gasteiger partial charge in [0.2, 0.25) is 0 Å². The molecule has 5 heteroatoms. The fourth-order valence-corrected chi connectivity index (χ4v) is 4.39. The molecule has 3 heterocycles. The van der Waals surface area contributed by atoms with Gasteiger partial charge in [0.1, 0.15) is 5.82 Å². The molecule has 0 radical (unpaired) electrons. The number of hydrogen-bond donors (Lipinski definition) is 0. The number of rotatable bonds is 6. The average molecular weight is 388 g/mol. The number of imidazole rings is 1. The zero-order valence-corrected chi connectivity index (χ0v) is 17.2. The summed E-state index contributed by atoms with van der Waals surface area (Å²) in [5.41, 5.74) is 3.92. The summed E-state index contributed by atoms with van der Waals surface area (Å²) in [4.78, 5) is 7.64. The average Bonchev–Trinajstić information content (AvgIpc) is 3.29. The first kappa shape index (κ1) is 19.0. The van der Waals surface area contributed by atoms with Crippen LogP contribution in [0.3, 0.4) is 0 Å². The molecular weight excluding hydrogens is 358 g/mol. The van der Waals surface area contributed by atoms with E-state index in [4.69, 9.17) is 21.3 Å². The van der Waals surface area contributed by atoms with Crippen LogP contribution in [0, 0.1) is 5.92 Å². The fourth-order valence-electron chi connectivity index (χ4n) is 4.19. The Bertz CT molecular complexity index is 780. The van der Waals surface area contributed by atoms with Gasteiger partial charge in [0.15, 0.2) is 0 Å². The van der Waals surface area contributed by atoms with Gasteiger partial charge in [0.05, 0.1) is 18.0 Å². The van der Waals surface area contributed by atoms with Crippen molar-refractivity contribution in [3.63, 3.8) is 0 Å². The number of ether oxygens (including phenoxy) is 1. The first-order chi connectivity index (χ1) is 13.1. The number of hydrogen-bond acceptors (Lipinski definition) is 3. The summed E-state index contributed by atoms with van der Waals surface area (Å²) in [6.07, 6.45) is 3.36. The summed E-state index contributed by atoms with van der Waals surface area (Å²) in [5, 5.41) is 0.861. The van der Waals surface area contributed by atoms with Crippen molar-refractivity contribution in [1.82, 2.24) is 14.5 Å². The van der Waals surface area contributed by atoms with E-state index in [9.17, 15) is 0 Å². The quantitative estimate of drug-likeness (QED) is 0.723. The molecule has 2 aliphatic rings. The molecule has 0 spiro atoms. The summed E-state index contributed by atoms with van der Waals surface area (Å²) in [5.74, 6) is 2.42. The van der Waals surface area contributed by atoms with Crippen molar-refractivity contribution < 1.29 is 4.74 Å². The molecule has 0 aliphatic carbocycles. The van der Waals surface area contributed by atoms with Gasteiger partial charge in [-0.1, -0.05) is 43.6 Å². The number of aryl methyl sites for hydroxylation is 1. The second kappa shape index (κ2) is 8.34. The number of benzene rings is 1. The van der Waals surface area contributed by atoms with Crippen molar-refractivity contribution in [1.29, 1.82) is 0 Å². The molecule has 0 N–H and O–H groups in total. The second-order valence-corrected chi connectivity index (χ2v) is 8.72. The summed E-state index contributed by atoms with van der Waals surface area (Å²) in [6.45, 7) is 10.2. The predicted octanol–water partition coefficient (Wildman–Crippen LogP) is 4.64. The van der Waals surface area contributed by atoms with Crippen LogP contribution in [0.15, 0.2) is 24.3 Å². The highest BCUT2D eigenvalue weighted by Gasteiger charge is 2.29. The van der Waals surface area contributed by atoms with E-state index in [1.807, 2.05) is 12.1 Å². The highest BCUT2D eigenvalue weighted by atomic mass is 35.5. The molecule has 146 valence electrons. The summed E-state index contributed by atoms with van der Waals surface area (Å²) < 4.78 is 8.14. The van der Waals surface area contributed by atoms with Crippen LogP contribution in [0.25, 0.3) is 0 Å². The summed E-state index contributed by atoms with van der Waals surface area (Å²) in [6, 6.07) is 8.19. The molecule has 2 aromatic rings. The van der Waals surface area contributed by atoms with Gasteiger partial charge in [-0.25, -0.2) is 4.98 Å². The third kappa shape index (κ3) is 4.23. The minimum Gasteiger partial charge on any atom is -0.381 e. The van der Waals surface area contributed by atoms with E-state index in [1.165, 1.54) is 29.2 Å². The Morgan fingerprint density at radius 1 is 1.26 bits per heavy atom. The molecule has 1 fully saturated rings. The molecule has 2 aliphatic heterocycles. The zero-order chi connectivity index (χ0) is 18.8. The Balaban J connectivity index is 1.57. The normalized spacial score (nSPS) is 20.4. The van der Waals surface area contributed by atoms with E-state index in [0.717, 1.165) is 57.3 Å². The minimum atomic E-state index is 0.465. The van der Waals surface area contributed by atoms with Gasteiger partial charge in [-0.3, -0.25) is 4.90 Å². The van der Waals surface area contributed by atoms with Gasteiger partial charge in [0, 0.05) is 43.7 Å². The van der Waals surface area contributed by atoms with E-state index in [0.29, 0.717) is 11.8 Å². The molecule has 1 saturated heterocycles. The van der Waals surface area contributed by atoms with Gasteiger partial charge in [-0.15, -0.1) is 0 Å². The van der Waals surface area contributed by atoms with E-state index < -0.39 is 0 Å². The van der Waals surface area contributed by atoms with Crippen LogP contribution in [-0.2, 0) is 30.8 Å². The maximum Gasteiger partial charge on any atom is 0.114 e. The van der Waals surface area contributed by atoms with Crippen molar-refractivity contribution in [2.24, 2.45) is 5.92 Å². The Hall–Kier alpha value is -1.36. The van der Waals surface area contributed by atoms with Crippen molar-refractivity contribution in [3.05, 3.63) is 52.1 Å². The van der Waals surface area contributed by atoms with E-state index in [2.05, 4.69) is 35.4 Å². The lowest BCUT2D eigenvalue weighted by Gasteiger charge is -2.30. The lowest BCUT2D eigenvalue weighted by atomic mass is 10.0. The largest absolute Gasteiger partial charge is 0.381 e. The molecule has 1 unspecified atom stereocenters. The Morgan fingerprint density at radius 3 is 2.85 bits per heavy atom. The van der Waals surface area contributed by atoms with Crippen LogP contribution < -0.4 is 0 Å². The van der Waals surface area contributed by atoms with Crippen LogP contribution in [-0.4, -0.2) is 34.2 Å². The third-order valence-corrected chi connectivity index (χ3v) is 6.17. The second-order valence-electron chi connectivity index (χ2n) is 8.31. The van der Waals surface area contributed by atoms with Crippen LogP contribution >= 0.6 is 11.6 Å². The number of nitrogens with zero attached hydrogens (tertiary/aromatic N) is 3. The highest BCUT2D eigenvalue weighted by molar-refractivity contribution is 6.31. The van der Waals surface area contributed by atoms with Crippen LogP contribution in [0.2, 0.25) is 5.02 Å². The van der Waals surface area contributed by atoms with Gasteiger partial charge in [0.25, 0.3) is 0 Å². The highest BCUT2D eigenvalue weighted by Crippen LogP contribution is 2.31. The molecule has 1 aromatic heterocycles. The molecule has 27 heavy (non-hydrogen) atoms. The molecule has 4 rings (SSSR count). The van der Waals surface area contributed by atoms with E-state index >= 15 is 0 Å². The maximum absolute atomic E-state index is 6.39. The molecule has 0 bridgehead atoms. The van der Waals surface area contributed by atoms with Crippen molar-refractivity contribution >= 4 is 11.6 Å². The molecule has 4 nitrogen and oxygen atoms in total. The Kier molecular flexibility index (Phi) is 5.86. The van der Waals surface area contributed by atoms with E-state index in [-0.39, 0.29) is 0 Å². The standard InChI is InChI=1S/C22H30ClN3O/c1-16(2)7-8-20-21-14-25(13-17-5-3-4-6-19(17)23)10-11-26(21)22(24-20)18-9-12-27-15-18/h3-6,16,18H,7-15H2,1-2H3. The first-order valence-corrected chi connectivity index (χ1v) is 10.6. The minimum absolute atomic E-state index is 0.465. The molecule has 1 aromatic carbocycles. The monoisotopic (exact) mass is 387 g/mol. The number of halogens is 1. The van der Waals surface area contributed by atoms with Crippen molar-refractivity contribution in [3.8, 4) is 0 Å².